The van der Waals surface area contributed by atoms with Gasteiger partial charge < -0.3 is 19.3 Å². The molecule has 1 aromatic heterocycles. The van der Waals surface area contributed by atoms with Crippen molar-refractivity contribution >= 4 is 0 Å². The Morgan fingerprint density at radius 1 is 1.00 bits per heavy atom. The van der Waals surface area contributed by atoms with Gasteiger partial charge in [0.2, 0.25) is 5.88 Å². The highest BCUT2D eigenvalue weighted by Gasteiger charge is 2.25. The lowest BCUT2D eigenvalue weighted by Gasteiger charge is -2.31. The zero-order valence-electron chi connectivity index (χ0n) is 21.8. The molecule has 1 heterocycles. The van der Waals surface area contributed by atoms with Crippen molar-refractivity contribution in [2.45, 2.75) is 58.9 Å². The number of rotatable bonds is 13. The lowest BCUT2D eigenvalue weighted by molar-refractivity contribution is -0.0149. The van der Waals surface area contributed by atoms with Gasteiger partial charge in [-0.2, -0.15) is 5.10 Å². The Hall–Kier alpha value is -2.87. The van der Waals surface area contributed by atoms with E-state index in [-0.39, 0.29) is 12.1 Å². The third-order valence-electron chi connectivity index (χ3n) is 6.05. The van der Waals surface area contributed by atoms with Crippen molar-refractivity contribution in [3.63, 3.8) is 0 Å². The second kappa shape index (κ2) is 12.7. The Bertz CT molecular complexity index is 1030. The molecule has 0 aliphatic heterocycles. The highest BCUT2D eigenvalue weighted by atomic mass is 16.5. The summed E-state index contributed by atoms with van der Waals surface area (Å²) in [5.74, 6) is 2.15. The maximum absolute atomic E-state index is 10.7. The summed E-state index contributed by atoms with van der Waals surface area (Å²) < 4.78 is 19.1. The molecule has 2 atom stereocenters. The van der Waals surface area contributed by atoms with E-state index in [1.165, 1.54) is 0 Å². The zero-order chi connectivity index (χ0) is 25.4. The maximum Gasteiger partial charge on any atom is 0.222 e. The van der Waals surface area contributed by atoms with Gasteiger partial charge in [0.15, 0.2) is 0 Å². The summed E-state index contributed by atoms with van der Waals surface area (Å²) in [6, 6.07) is 17.9. The monoisotopic (exact) mass is 481 g/mol. The first kappa shape index (κ1) is 26.7. The van der Waals surface area contributed by atoms with Crippen LogP contribution >= 0.6 is 0 Å². The molecule has 0 radical (unpaired) electrons. The number of nitrogens with zero attached hydrogens (tertiary/aromatic N) is 3. The minimum atomic E-state index is -0.589. The molecule has 3 rings (SSSR count). The summed E-state index contributed by atoms with van der Waals surface area (Å²) in [6.07, 6.45) is 0.441. The van der Waals surface area contributed by atoms with Crippen LogP contribution < -0.4 is 9.47 Å². The SMILES string of the molecule is CC[C@@H](C)N(Cc1c(-c2ccccc2)nn(C)c1Oc1ccc(OC)cc1)C[C@@H](O)COC(C)C. The van der Waals surface area contributed by atoms with Gasteiger partial charge in [-0.15, -0.1) is 0 Å². The molecule has 3 aromatic rings. The Morgan fingerprint density at radius 2 is 1.66 bits per heavy atom. The quantitative estimate of drug-likeness (QED) is 0.358. The third kappa shape index (κ3) is 7.31. The van der Waals surface area contributed by atoms with Crippen molar-refractivity contribution in [1.29, 1.82) is 0 Å². The summed E-state index contributed by atoms with van der Waals surface area (Å²) >= 11 is 0. The number of aromatic nitrogens is 2. The molecule has 0 bridgehead atoms. The van der Waals surface area contributed by atoms with E-state index in [0.29, 0.717) is 31.3 Å². The largest absolute Gasteiger partial charge is 0.497 e. The minimum Gasteiger partial charge on any atom is -0.497 e. The molecular weight excluding hydrogens is 442 g/mol. The van der Waals surface area contributed by atoms with E-state index >= 15 is 0 Å². The Balaban J connectivity index is 1.96. The summed E-state index contributed by atoms with van der Waals surface area (Å²) in [6.45, 7) is 9.67. The molecule has 7 nitrogen and oxygen atoms in total. The third-order valence-corrected chi connectivity index (χ3v) is 6.05. The summed E-state index contributed by atoms with van der Waals surface area (Å²) in [7, 11) is 3.54. The molecule has 7 heteroatoms. The van der Waals surface area contributed by atoms with Crippen LogP contribution in [0.2, 0.25) is 0 Å². The van der Waals surface area contributed by atoms with E-state index in [1.54, 1.807) is 11.8 Å². The van der Waals surface area contributed by atoms with Crippen molar-refractivity contribution in [3.8, 4) is 28.6 Å². The molecule has 0 saturated carbocycles. The molecule has 0 spiro atoms. The molecule has 0 aliphatic carbocycles. The molecule has 2 aromatic carbocycles. The summed E-state index contributed by atoms with van der Waals surface area (Å²) in [5.41, 5.74) is 2.88. The van der Waals surface area contributed by atoms with E-state index < -0.39 is 6.10 Å². The highest BCUT2D eigenvalue weighted by molar-refractivity contribution is 5.65. The fourth-order valence-electron chi connectivity index (χ4n) is 3.89. The number of ether oxygens (including phenoxy) is 3. The maximum atomic E-state index is 10.7. The van der Waals surface area contributed by atoms with Crippen LogP contribution in [0.25, 0.3) is 11.3 Å². The van der Waals surface area contributed by atoms with Crippen LogP contribution in [0.5, 0.6) is 17.4 Å². The van der Waals surface area contributed by atoms with Crippen molar-refractivity contribution < 1.29 is 19.3 Å². The number of methoxy groups -OCH3 is 1. The van der Waals surface area contributed by atoms with Crippen molar-refractivity contribution in [2.24, 2.45) is 7.05 Å². The van der Waals surface area contributed by atoms with Crippen LogP contribution in [0.1, 0.15) is 39.7 Å². The molecule has 0 unspecified atom stereocenters. The highest BCUT2D eigenvalue weighted by Crippen LogP contribution is 2.35. The van der Waals surface area contributed by atoms with Gasteiger partial charge in [-0.05, 0) is 51.5 Å². The molecule has 35 heavy (non-hydrogen) atoms. The number of benzene rings is 2. The van der Waals surface area contributed by atoms with Crippen LogP contribution in [0.3, 0.4) is 0 Å². The van der Waals surface area contributed by atoms with E-state index in [9.17, 15) is 5.11 Å². The molecule has 190 valence electrons. The van der Waals surface area contributed by atoms with E-state index in [4.69, 9.17) is 19.3 Å². The first-order valence-corrected chi connectivity index (χ1v) is 12.3. The van der Waals surface area contributed by atoms with Gasteiger partial charge in [0, 0.05) is 31.7 Å². The summed E-state index contributed by atoms with van der Waals surface area (Å²) in [4.78, 5) is 2.28. The lowest BCUT2D eigenvalue weighted by atomic mass is 10.1. The number of aliphatic hydroxyl groups excluding tert-OH is 1. The average molecular weight is 482 g/mol. The van der Waals surface area contributed by atoms with Crippen LogP contribution in [0.15, 0.2) is 54.6 Å². The molecule has 0 aliphatic rings. The molecular formula is C28H39N3O4. The fraction of sp³-hybridized carbons (Fsp3) is 0.464. The number of aryl methyl sites for hydroxylation is 1. The van der Waals surface area contributed by atoms with Crippen molar-refractivity contribution in [3.05, 3.63) is 60.2 Å². The van der Waals surface area contributed by atoms with Gasteiger partial charge in [-0.3, -0.25) is 4.90 Å². The van der Waals surface area contributed by atoms with Crippen molar-refractivity contribution in [1.82, 2.24) is 14.7 Å². The van der Waals surface area contributed by atoms with Crippen LogP contribution in [0, 0.1) is 0 Å². The van der Waals surface area contributed by atoms with Gasteiger partial charge in [0.25, 0.3) is 0 Å². The molecule has 1 N–H and O–H groups in total. The van der Waals surface area contributed by atoms with E-state index in [1.807, 2.05) is 63.4 Å². The lowest BCUT2D eigenvalue weighted by Crippen LogP contribution is -2.40. The van der Waals surface area contributed by atoms with Crippen LogP contribution in [-0.4, -0.2) is 58.3 Å². The first-order chi connectivity index (χ1) is 16.8. The van der Waals surface area contributed by atoms with E-state index in [2.05, 4.69) is 30.9 Å². The second-order valence-electron chi connectivity index (χ2n) is 9.12. The molecule has 0 fully saturated rings. The van der Waals surface area contributed by atoms with Crippen LogP contribution in [0.4, 0.5) is 0 Å². The van der Waals surface area contributed by atoms with Gasteiger partial charge in [0.05, 0.1) is 31.5 Å². The van der Waals surface area contributed by atoms with Crippen molar-refractivity contribution in [2.75, 3.05) is 20.3 Å². The van der Waals surface area contributed by atoms with Gasteiger partial charge >= 0.3 is 0 Å². The molecule has 0 saturated heterocycles. The smallest absolute Gasteiger partial charge is 0.222 e. The Kier molecular flexibility index (Phi) is 9.72. The Morgan fingerprint density at radius 3 is 2.26 bits per heavy atom. The topological polar surface area (TPSA) is 69.0 Å². The Labute approximate surface area is 209 Å². The predicted molar refractivity (Wildman–Crippen MR) is 139 cm³/mol. The predicted octanol–water partition coefficient (Wildman–Crippen LogP) is 5.27. The average Bonchev–Trinajstić information content (AvgIpc) is 3.17. The number of hydrogen-bond acceptors (Lipinski definition) is 6. The standard InChI is InChI=1S/C28H39N3O4/c1-7-21(4)31(17-23(32)19-34-20(2)3)18-26-27(22-11-9-8-10-12-22)29-30(5)28(26)35-25-15-13-24(33-6)14-16-25/h8-16,20-21,23,32H,7,17-19H2,1-6H3/t21-,23-/m1/s1. The van der Waals surface area contributed by atoms with Gasteiger partial charge in [-0.25, -0.2) is 4.68 Å². The second-order valence-corrected chi connectivity index (χ2v) is 9.12. The normalized spacial score (nSPS) is 13.3. The summed E-state index contributed by atoms with van der Waals surface area (Å²) in [5, 5.41) is 15.5. The van der Waals surface area contributed by atoms with Gasteiger partial charge in [0.1, 0.15) is 17.2 Å². The number of aliphatic hydroxyl groups is 1. The van der Waals surface area contributed by atoms with Gasteiger partial charge in [-0.1, -0.05) is 37.3 Å². The van der Waals surface area contributed by atoms with Crippen LogP contribution in [-0.2, 0) is 18.3 Å². The fourth-order valence-corrected chi connectivity index (χ4v) is 3.89. The minimum absolute atomic E-state index is 0.0780. The first-order valence-electron chi connectivity index (χ1n) is 12.3. The molecule has 0 amide bonds. The van der Waals surface area contributed by atoms with E-state index in [0.717, 1.165) is 29.0 Å². The zero-order valence-corrected chi connectivity index (χ0v) is 21.8. The number of hydrogen-bond donors (Lipinski definition) is 1.